The highest BCUT2D eigenvalue weighted by Gasteiger charge is 2.22. The smallest absolute Gasteiger partial charge is 0.330 e. The van der Waals surface area contributed by atoms with Gasteiger partial charge >= 0.3 is 5.76 Å². The van der Waals surface area contributed by atoms with Gasteiger partial charge in [0.15, 0.2) is 5.69 Å². The highest BCUT2D eigenvalue weighted by atomic mass is 19.1. The summed E-state index contributed by atoms with van der Waals surface area (Å²) in [6.45, 7) is 2.08. The van der Waals surface area contributed by atoms with E-state index in [1.165, 1.54) is 22.8 Å². The molecule has 2 aromatic heterocycles. The van der Waals surface area contributed by atoms with E-state index in [2.05, 4.69) is 15.5 Å². The zero-order valence-corrected chi connectivity index (χ0v) is 12.3. The topological polar surface area (TPSA) is 113 Å². The van der Waals surface area contributed by atoms with Crippen molar-refractivity contribution >= 4 is 0 Å². The van der Waals surface area contributed by atoms with E-state index >= 15 is 0 Å². The summed E-state index contributed by atoms with van der Waals surface area (Å²) >= 11 is 0. The molecule has 1 aromatic carbocycles. The Morgan fingerprint density at radius 3 is 2.87 bits per heavy atom. The van der Waals surface area contributed by atoms with Crippen LogP contribution in [0.15, 0.2) is 32.1 Å². The summed E-state index contributed by atoms with van der Waals surface area (Å²) in [5.74, 6) is -0.931. The van der Waals surface area contributed by atoms with Crippen molar-refractivity contribution in [3.8, 4) is 17.2 Å². The van der Waals surface area contributed by atoms with Crippen molar-refractivity contribution in [2.75, 3.05) is 6.54 Å². The molecule has 0 aliphatic carbocycles. The molecule has 0 bridgehead atoms. The third-order valence-corrected chi connectivity index (χ3v) is 3.39. The van der Waals surface area contributed by atoms with Gasteiger partial charge in [-0.2, -0.15) is 0 Å². The quantitative estimate of drug-likeness (QED) is 0.752. The van der Waals surface area contributed by atoms with E-state index in [1.807, 2.05) is 0 Å². The number of aromatic nitrogens is 4. The average Bonchev–Trinajstić information content (AvgIpc) is 3.14. The minimum atomic E-state index is -0.709. The molecule has 0 saturated heterocycles. The van der Waals surface area contributed by atoms with Crippen LogP contribution >= 0.6 is 0 Å². The zero-order valence-electron chi connectivity index (χ0n) is 12.3. The normalized spacial score (nSPS) is 11.1. The fraction of sp³-hybridized carbons (Fsp3) is 0.286. The molecule has 0 amide bonds. The summed E-state index contributed by atoms with van der Waals surface area (Å²) in [5.41, 5.74) is 7.11. The molecule has 3 rings (SSSR count). The minimum Gasteiger partial charge on any atom is -0.330 e. The minimum absolute atomic E-state index is 0.147. The van der Waals surface area contributed by atoms with Crippen molar-refractivity contribution in [2.45, 2.75) is 19.8 Å². The van der Waals surface area contributed by atoms with E-state index in [0.29, 0.717) is 42.0 Å². The van der Waals surface area contributed by atoms with Crippen LogP contribution in [0.25, 0.3) is 17.2 Å². The van der Waals surface area contributed by atoms with Crippen LogP contribution in [0.4, 0.5) is 4.39 Å². The number of aryl methyl sites for hydroxylation is 2. The van der Waals surface area contributed by atoms with Crippen LogP contribution in [0.3, 0.4) is 0 Å². The van der Waals surface area contributed by atoms with Gasteiger partial charge in [0.1, 0.15) is 11.5 Å². The van der Waals surface area contributed by atoms with E-state index in [0.717, 1.165) is 0 Å². The summed E-state index contributed by atoms with van der Waals surface area (Å²) in [7, 11) is 0. The van der Waals surface area contributed by atoms with Gasteiger partial charge in [-0.1, -0.05) is 10.3 Å². The summed E-state index contributed by atoms with van der Waals surface area (Å²) in [6, 6.07) is 4.24. The van der Waals surface area contributed by atoms with Crippen LogP contribution in [0.2, 0.25) is 0 Å². The standard InChI is InChI=1S/C14H14FN5O3/c1-8-7-9(4-5-10(8)15)20-13(19-22-14(20)21)12-11(3-2-6-16)17-23-18-12/h4-5,7H,2-3,6,16H2,1H3. The molecule has 0 aliphatic rings. The lowest BCUT2D eigenvalue weighted by Crippen LogP contribution is -2.14. The Morgan fingerprint density at radius 1 is 1.30 bits per heavy atom. The van der Waals surface area contributed by atoms with Gasteiger partial charge < -0.3 is 5.73 Å². The number of hydrogen-bond acceptors (Lipinski definition) is 7. The highest BCUT2D eigenvalue weighted by molar-refractivity contribution is 5.55. The Bertz CT molecular complexity index is 883. The SMILES string of the molecule is Cc1cc(-n2c(-c3nonc3CCCN)noc2=O)ccc1F. The number of nitrogens with two attached hydrogens (primary N) is 1. The first-order chi connectivity index (χ1) is 11.1. The molecule has 0 spiro atoms. The third-order valence-electron chi connectivity index (χ3n) is 3.39. The highest BCUT2D eigenvalue weighted by Crippen LogP contribution is 2.22. The van der Waals surface area contributed by atoms with Crippen molar-refractivity contribution in [1.29, 1.82) is 0 Å². The lowest BCUT2D eigenvalue weighted by molar-refractivity contribution is 0.304. The van der Waals surface area contributed by atoms with Gasteiger partial charge in [0, 0.05) is 0 Å². The van der Waals surface area contributed by atoms with Gasteiger partial charge in [-0.05, 0) is 55.2 Å². The monoisotopic (exact) mass is 319 g/mol. The molecule has 0 radical (unpaired) electrons. The number of halogens is 1. The zero-order chi connectivity index (χ0) is 16.4. The number of nitrogens with zero attached hydrogens (tertiary/aromatic N) is 4. The maximum atomic E-state index is 13.4. The lowest BCUT2D eigenvalue weighted by Gasteiger charge is -2.05. The second-order valence-electron chi connectivity index (χ2n) is 4.99. The van der Waals surface area contributed by atoms with Gasteiger partial charge in [-0.15, -0.1) is 0 Å². The molecule has 3 aromatic rings. The molecule has 0 atom stereocenters. The maximum absolute atomic E-state index is 13.4. The van der Waals surface area contributed by atoms with Crippen molar-refractivity contribution in [3.05, 3.63) is 45.8 Å². The Labute approximate surface area is 129 Å². The van der Waals surface area contributed by atoms with Crippen molar-refractivity contribution in [2.24, 2.45) is 5.73 Å². The van der Waals surface area contributed by atoms with Gasteiger partial charge in [-0.3, -0.25) is 4.52 Å². The van der Waals surface area contributed by atoms with E-state index in [9.17, 15) is 9.18 Å². The van der Waals surface area contributed by atoms with E-state index in [4.69, 9.17) is 14.9 Å². The van der Waals surface area contributed by atoms with Gasteiger partial charge in [0.25, 0.3) is 0 Å². The summed E-state index contributed by atoms with van der Waals surface area (Å²) in [5, 5.41) is 11.3. The van der Waals surface area contributed by atoms with Gasteiger partial charge in [-0.25, -0.2) is 18.4 Å². The molecule has 0 aliphatic heterocycles. The van der Waals surface area contributed by atoms with Crippen molar-refractivity contribution < 1.29 is 13.5 Å². The first-order valence-corrected chi connectivity index (χ1v) is 6.99. The molecule has 0 fully saturated rings. The van der Waals surface area contributed by atoms with E-state index in [-0.39, 0.29) is 11.6 Å². The van der Waals surface area contributed by atoms with E-state index in [1.54, 1.807) is 6.92 Å². The average molecular weight is 319 g/mol. The van der Waals surface area contributed by atoms with E-state index < -0.39 is 5.76 Å². The molecule has 120 valence electrons. The Morgan fingerprint density at radius 2 is 2.13 bits per heavy atom. The molecule has 0 unspecified atom stereocenters. The summed E-state index contributed by atoms with van der Waals surface area (Å²) in [4.78, 5) is 12.0. The second-order valence-corrected chi connectivity index (χ2v) is 4.99. The Balaban J connectivity index is 2.11. The Hall–Kier alpha value is -2.81. The molecule has 2 heterocycles. The maximum Gasteiger partial charge on any atom is 0.446 e. The van der Waals surface area contributed by atoms with Gasteiger partial charge in [0.2, 0.25) is 5.82 Å². The fourth-order valence-electron chi connectivity index (χ4n) is 2.21. The molecule has 23 heavy (non-hydrogen) atoms. The largest absolute Gasteiger partial charge is 0.446 e. The number of rotatable bonds is 5. The van der Waals surface area contributed by atoms with Crippen LogP contribution in [-0.4, -0.2) is 26.6 Å². The summed E-state index contributed by atoms with van der Waals surface area (Å²) in [6.07, 6.45) is 1.21. The Kier molecular flexibility index (Phi) is 4.02. The predicted octanol–water partition coefficient (Wildman–Crippen LogP) is 1.21. The first kappa shape index (κ1) is 15.1. The van der Waals surface area contributed by atoms with Crippen molar-refractivity contribution in [1.82, 2.24) is 20.0 Å². The molecule has 9 heteroatoms. The van der Waals surface area contributed by atoms with Crippen LogP contribution in [0, 0.1) is 12.7 Å². The third kappa shape index (κ3) is 2.78. The van der Waals surface area contributed by atoms with Crippen molar-refractivity contribution in [3.63, 3.8) is 0 Å². The number of benzene rings is 1. The van der Waals surface area contributed by atoms with Crippen LogP contribution in [-0.2, 0) is 6.42 Å². The van der Waals surface area contributed by atoms with Crippen LogP contribution in [0.5, 0.6) is 0 Å². The molecule has 8 nitrogen and oxygen atoms in total. The van der Waals surface area contributed by atoms with Crippen LogP contribution in [0.1, 0.15) is 17.7 Å². The number of hydrogen-bond donors (Lipinski definition) is 1. The molecule has 2 N–H and O–H groups in total. The molecular weight excluding hydrogens is 305 g/mol. The predicted molar refractivity (Wildman–Crippen MR) is 77.5 cm³/mol. The lowest BCUT2D eigenvalue weighted by atomic mass is 10.2. The fourth-order valence-corrected chi connectivity index (χ4v) is 2.21. The van der Waals surface area contributed by atoms with Gasteiger partial charge in [0.05, 0.1) is 5.69 Å². The molecular formula is C14H14FN5O3. The molecule has 0 saturated carbocycles. The summed E-state index contributed by atoms with van der Waals surface area (Å²) < 4.78 is 24.1. The van der Waals surface area contributed by atoms with Crippen LogP contribution < -0.4 is 11.5 Å². The first-order valence-electron chi connectivity index (χ1n) is 6.99. The second kappa shape index (κ2) is 6.13.